The Labute approximate surface area is 136 Å². The molecule has 2 heterocycles. The van der Waals surface area contributed by atoms with Crippen molar-refractivity contribution < 1.29 is 0 Å². The zero-order chi connectivity index (χ0) is 15.6. The van der Waals surface area contributed by atoms with Crippen molar-refractivity contribution in [1.29, 1.82) is 0 Å². The molecule has 23 heavy (non-hydrogen) atoms. The number of aromatic nitrogens is 2. The van der Waals surface area contributed by atoms with Gasteiger partial charge in [0, 0.05) is 37.3 Å². The lowest BCUT2D eigenvalue weighted by Crippen LogP contribution is -2.47. The van der Waals surface area contributed by atoms with E-state index in [2.05, 4.69) is 63.3 Å². The average molecular weight is 304 g/mol. The molecule has 3 aromatic rings. The Kier molecular flexibility index (Phi) is 3.58. The van der Waals surface area contributed by atoms with Gasteiger partial charge in [0.2, 0.25) is 0 Å². The van der Waals surface area contributed by atoms with E-state index in [0.717, 1.165) is 48.7 Å². The molecular formula is C19H20N4. The summed E-state index contributed by atoms with van der Waals surface area (Å²) < 4.78 is 0. The highest BCUT2D eigenvalue weighted by atomic mass is 15.3. The number of anilines is 2. The Bertz CT molecular complexity index is 808. The Morgan fingerprint density at radius 2 is 1.39 bits per heavy atom. The highest BCUT2D eigenvalue weighted by molar-refractivity contribution is 5.89. The van der Waals surface area contributed by atoms with E-state index in [-0.39, 0.29) is 0 Å². The first-order valence-corrected chi connectivity index (χ1v) is 8.09. The van der Waals surface area contributed by atoms with Gasteiger partial charge in [0.25, 0.3) is 0 Å². The van der Waals surface area contributed by atoms with E-state index in [0.29, 0.717) is 0 Å². The molecule has 116 valence electrons. The summed E-state index contributed by atoms with van der Waals surface area (Å²) in [6, 6.07) is 18.9. The van der Waals surface area contributed by atoms with Crippen molar-refractivity contribution in [2.75, 3.05) is 36.0 Å². The number of hydrogen-bond acceptors (Lipinski definition) is 4. The third-order valence-corrected chi connectivity index (χ3v) is 4.40. The molecule has 1 fully saturated rings. The van der Waals surface area contributed by atoms with Crippen molar-refractivity contribution >= 4 is 22.4 Å². The van der Waals surface area contributed by atoms with E-state index >= 15 is 0 Å². The topological polar surface area (TPSA) is 32.3 Å². The second-order valence-electron chi connectivity index (χ2n) is 5.92. The summed E-state index contributed by atoms with van der Waals surface area (Å²) in [5.74, 6) is 1.91. The van der Waals surface area contributed by atoms with Crippen molar-refractivity contribution in [3.63, 3.8) is 0 Å². The molecule has 4 heteroatoms. The van der Waals surface area contributed by atoms with E-state index in [1.54, 1.807) is 0 Å². The Morgan fingerprint density at radius 1 is 0.739 bits per heavy atom. The van der Waals surface area contributed by atoms with Gasteiger partial charge in [-0.15, -0.1) is 0 Å². The predicted molar refractivity (Wildman–Crippen MR) is 95.1 cm³/mol. The van der Waals surface area contributed by atoms with Crippen LogP contribution in [0.4, 0.5) is 11.5 Å². The summed E-state index contributed by atoms with van der Waals surface area (Å²) >= 11 is 0. The van der Waals surface area contributed by atoms with Crippen LogP contribution in [0.3, 0.4) is 0 Å². The van der Waals surface area contributed by atoms with Crippen LogP contribution < -0.4 is 9.80 Å². The zero-order valence-corrected chi connectivity index (χ0v) is 13.3. The number of para-hydroxylation sites is 2. The van der Waals surface area contributed by atoms with Gasteiger partial charge in [0.15, 0.2) is 0 Å². The first-order valence-electron chi connectivity index (χ1n) is 8.09. The van der Waals surface area contributed by atoms with Gasteiger partial charge in [0.05, 0.1) is 5.52 Å². The van der Waals surface area contributed by atoms with Gasteiger partial charge < -0.3 is 9.80 Å². The molecule has 0 spiro atoms. The maximum Gasteiger partial charge on any atom is 0.140 e. The Balaban J connectivity index is 1.59. The van der Waals surface area contributed by atoms with E-state index in [1.807, 2.05) is 13.0 Å². The zero-order valence-electron chi connectivity index (χ0n) is 13.3. The third-order valence-electron chi connectivity index (χ3n) is 4.40. The van der Waals surface area contributed by atoms with Crippen LogP contribution in [0, 0.1) is 6.92 Å². The number of rotatable bonds is 2. The molecule has 0 unspecified atom stereocenters. The summed E-state index contributed by atoms with van der Waals surface area (Å²) in [5.41, 5.74) is 2.33. The number of piperazine rings is 1. The molecule has 2 aromatic carbocycles. The molecule has 0 N–H and O–H groups in total. The summed E-state index contributed by atoms with van der Waals surface area (Å²) in [6.45, 7) is 5.96. The molecule has 4 rings (SSSR count). The summed E-state index contributed by atoms with van der Waals surface area (Å²) in [7, 11) is 0. The third kappa shape index (κ3) is 2.72. The molecule has 0 saturated carbocycles. The van der Waals surface area contributed by atoms with E-state index in [1.165, 1.54) is 5.69 Å². The minimum absolute atomic E-state index is 0.837. The van der Waals surface area contributed by atoms with Gasteiger partial charge in [-0.2, -0.15) is 0 Å². The van der Waals surface area contributed by atoms with Crippen molar-refractivity contribution in [3.8, 4) is 0 Å². The number of fused-ring (bicyclic) bond motifs is 1. The fourth-order valence-electron chi connectivity index (χ4n) is 3.23. The lowest BCUT2D eigenvalue weighted by molar-refractivity contribution is 0.648. The summed E-state index contributed by atoms with van der Waals surface area (Å²) in [6.07, 6.45) is 0. The van der Waals surface area contributed by atoms with E-state index in [9.17, 15) is 0 Å². The van der Waals surface area contributed by atoms with Crippen LogP contribution in [-0.4, -0.2) is 36.1 Å². The fraction of sp³-hybridized carbons (Fsp3) is 0.263. The summed E-state index contributed by atoms with van der Waals surface area (Å²) in [4.78, 5) is 14.1. The molecule has 0 radical (unpaired) electrons. The van der Waals surface area contributed by atoms with Gasteiger partial charge in [-0.3, -0.25) is 0 Å². The first kappa shape index (κ1) is 14.0. The maximum atomic E-state index is 4.72. The smallest absolute Gasteiger partial charge is 0.140 e. The lowest BCUT2D eigenvalue weighted by atomic mass is 10.2. The van der Waals surface area contributed by atoms with Crippen LogP contribution in [0.2, 0.25) is 0 Å². The van der Waals surface area contributed by atoms with Crippen molar-refractivity contribution in [3.05, 3.63) is 60.4 Å². The fourth-order valence-corrected chi connectivity index (χ4v) is 3.23. The van der Waals surface area contributed by atoms with Gasteiger partial charge in [-0.25, -0.2) is 9.97 Å². The van der Waals surface area contributed by atoms with Crippen LogP contribution >= 0.6 is 0 Å². The number of benzene rings is 2. The molecular weight excluding hydrogens is 284 g/mol. The maximum absolute atomic E-state index is 4.72. The van der Waals surface area contributed by atoms with Crippen molar-refractivity contribution in [2.45, 2.75) is 6.92 Å². The molecule has 1 saturated heterocycles. The largest absolute Gasteiger partial charge is 0.368 e. The molecule has 0 amide bonds. The van der Waals surface area contributed by atoms with Gasteiger partial charge >= 0.3 is 0 Å². The lowest BCUT2D eigenvalue weighted by Gasteiger charge is -2.37. The molecule has 0 bridgehead atoms. The Hall–Kier alpha value is -2.62. The number of hydrogen-bond donors (Lipinski definition) is 0. The van der Waals surface area contributed by atoms with Crippen LogP contribution in [0.15, 0.2) is 54.6 Å². The second-order valence-corrected chi connectivity index (χ2v) is 5.92. The number of nitrogens with zero attached hydrogens (tertiary/aromatic N) is 4. The normalized spacial score (nSPS) is 15.2. The van der Waals surface area contributed by atoms with Gasteiger partial charge in [-0.05, 0) is 31.2 Å². The highest BCUT2D eigenvalue weighted by Gasteiger charge is 2.20. The van der Waals surface area contributed by atoms with Gasteiger partial charge in [-0.1, -0.05) is 30.3 Å². The highest BCUT2D eigenvalue weighted by Crippen LogP contribution is 2.25. The van der Waals surface area contributed by atoms with Gasteiger partial charge in [0.1, 0.15) is 11.6 Å². The van der Waals surface area contributed by atoms with Crippen LogP contribution in [0.1, 0.15) is 5.82 Å². The van der Waals surface area contributed by atoms with Crippen molar-refractivity contribution in [2.24, 2.45) is 0 Å². The predicted octanol–water partition coefficient (Wildman–Crippen LogP) is 3.26. The monoisotopic (exact) mass is 304 g/mol. The second kappa shape index (κ2) is 5.88. The molecule has 1 aliphatic heterocycles. The standard InChI is InChI=1S/C19H20N4/c1-15-20-18-10-6-5-9-17(18)19(21-15)23-13-11-22(12-14-23)16-7-3-2-4-8-16/h2-10H,11-14H2,1H3. The molecule has 4 nitrogen and oxygen atoms in total. The minimum Gasteiger partial charge on any atom is -0.368 e. The molecule has 1 aliphatic rings. The average Bonchev–Trinajstić information content (AvgIpc) is 2.62. The SMILES string of the molecule is Cc1nc(N2CCN(c3ccccc3)CC2)c2ccccc2n1. The van der Waals surface area contributed by atoms with Crippen molar-refractivity contribution in [1.82, 2.24) is 9.97 Å². The van der Waals surface area contributed by atoms with E-state index in [4.69, 9.17) is 4.98 Å². The van der Waals surface area contributed by atoms with Crippen LogP contribution in [0.5, 0.6) is 0 Å². The number of aryl methyl sites for hydroxylation is 1. The van der Waals surface area contributed by atoms with E-state index < -0.39 is 0 Å². The van der Waals surface area contributed by atoms with Crippen LogP contribution in [-0.2, 0) is 0 Å². The Morgan fingerprint density at radius 3 is 2.17 bits per heavy atom. The minimum atomic E-state index is 0.837. The summed E-state index contributed by atoms with van der Waals surface area (Å²) in [5, 5.41) is 1.14. The molecule has 0 aliphatic carbocycles. The molecule has 0 atom stereocenters. The molecule has 1 aromatic heterocycles. The van der Waals surface area contributed by atoms with Crippen LogP contribution in [0.25, 0.3) is 10.9 Å². The quantitative estimate of drug-likeness (QED) is 0.727. The first-order chi connectivity index (χ1) is 11.3.